The van der Waals surface area contributed by atoms with Crippen LogP contribution in [0.5, 0.6) is 11.5 Å². The Balaban J connectivity index is 1.16. The van der Waals surface area contributed by atoms with Gasteiger partial charge in [-0.3, -0.25) is 9.59 Å². The van der Waals surface area contributed by atoms with Gasteiger partial charge in [0.05, 0.1) is 12.0 Å². The molecule has 2 amide bonds. The minimum Gasteiger partial charge on any atom is -0.491 e. The van der Waals surface area contributed by atoms with E-state index in [0.29, 0.717) is 44.8 Å². The van der Waals surface area contributed by atoms with Crippen LogP contribution in [0.15, 0.2) is 73.1 Å². The van der Waals surface area contributed by atoms with E-state index in [1.807, 2.05) is 82.3 Å². The summed E-state index contributed by atoms with van der Waals surface area (Å²) in [4.78, 5) is 30.2. The molecule has 0 saturated carbocycles. The molecule has 38 heavy (non-hydrogen) atoms. The Labute approximate surface area is 224 Å². The van der Waals surface area contributed by atoms with Crippen molar-refractivity contribution in [3.05, 3.63) is 78.6 Å². The number of hydrogen-bond donors (Lipinski definition) is 0. The third-order valence-corrected chi connectivity index (χ3v) is 7.98. The van der Waals surface area contributed by atoms with Crippen molar-refractivity contribution in [3.8, 4) is 17.2 Å². The smallest absolute Gasteiger partial charge is 0.260 e. The number of carbonyl (C=O) groups is 2. The normalized spacial score (nSPS) is 18.2. The summed E-state index contributed by atoms with van der Waals surface area (Å²) in [6, 6.07) is 19.9. The number of hydrogen-bond acceptors (Lipinski definition) is 4. The molecule has 7 nitrogen and oxygen atoms in total. The van der Waals surface area contributed by atoms with Gasteiger partial charge in [0.15, 0.2) is 6.61 Å². The summed E-state index contributed by atoms with van der Waals surface area (Å²) in [5, 5.41) is 0. The Hall–Kier alpha value is -3.74. The molecular formula is C31H37N3O4. The molecule has 0 atom stereocenters. The predicted molar refractivity (Wildman–Crippen MR) is 147 cm³/mol. The quantitative estimate of drug-likeness (QED) is 0.504. The second kappa shape index (κ2) is 11.8. The number of rotatable bonds is 4. The van der Waals surface area contributed by atoms with Crippen LogP contribution >= 0.6 is 0 Å². The Bertz CT molecular complexity index is 1210. The van der Waals surface area contributed by atoms with E-state index >= 15 is 0 Å². The zero-order valence-corrected chi connectivity index (χ0v) is 22.2. The van der Waals surface area contributed by atoms with Crippen molar-refractivity contribution >= 4 is 11.8 Å². The summed E-state index contributed by atoms with van der Waals surface area (Å²) in [5.41, 5.74) is 1.85. The summed E-state index contributed by atoms with van der Waals surface area (Å²) >= 11 is 0. The molecule has 1 spiro atoms. The number of aromatic nitrogens is 1. The van der Waals surface area contributed by atoms with E-state index in [1.165, 1.54) is 5.56 Å². The van der Waals surface area contributed by atoms with Gasteiger partial charge in [-0.15, -0.1) is 0 Å². The SMILES string of the molecule is CN1CCOc2ccccc2CCCCC2(CCN(C(=O)COc3ccc(-n4cccc4)cc3)CC2)C1=O. The minimum absolute atomic E-state index is 0.000460. The van der Waals surface area contributed by atoms with Crippen molar-refractivity contribution in [2.24, 2.45) is 5.41 Å². The molecule has 1 fully saturated rings. The molecular weight excluding hydrogens is 478 g/mol. The molecule has 0 radical (unpaired) electrons. The Kier molecular flexibility index (Phi) is 8.01. The van der Waals surface area contributed by atoms with Gasteiger partial charge in [0.1, 0.15) is 18.1 Å². The molecule has 2 aliphatic heterocycles. The first-order valence-electron chi connectivity index (χ1n) is 13.6. The zero-order valence-electron chi connectivity index (χ0n) is 22.2. The van der Waals surface area contributed by atoms with Crippen LogP contribution in [0.25, 0.3) is 5.69 Å². The van der Waals surface area contributed by atoms with Gasteiger partial charge >= 0.3 is 0 Å². The first-order chi connectivity index (χ1) is 18.5. The molecule has 2 aromatic carbocycles. The van der Waals surface area contributed by atoms with Crippen LogP contribution in [0.4, 0.5) is 0 Å². The third-order valence-electron chi connectivity index (χ3n) is 7.98. The van der Waals surface area contributed by atoms with Crippen molar-refractivity contribution in [1.29, 1.82) is 0 Å². The van der Waals surface area contributed by atoms with Gasteiger partial charge in [0, 0.05) is 38.2 Å². The minimum atomic E-state index is -0.417. The molecule has 2 aliphatic rings. The molecule has 0 N–H and O–H groups in total. The molecule has 200 valence electrons. The Morgan fingerprint density at radius 1 is 0.921 bits per heavy atom. The van der Waals surface area contributed by atoms with Crippen LogP contribution in [0.2, 0.25) is 0 Å². The number of ether oxygens (including phenoxy) is 2. The standard InChI is InChI=1S/C31H37N3O4/c1-32-22-23-37-28-10-3-2-8-25(28)9-4-5-15-31(30(32)36)16-20-34(21-17-31)29(35)24-38-27-13-11-26(12-14-27)33-18-6-7-19-33/h2-3,6-8,10-14,18-19H,4-5,9,15-17,20-24H2,1H3. The molecule has 3 aromatic rings. The van der Waals surface area contributed by atoms with E-state index in [0.717, 1.165) is 37.1 Å². The van der Waals surface area contributed by atoms with E-state index in [-0.39, 0.29) is 18.4 Å². The highest BCUT2D eigenvalue weighted by Gasteiger charge is 2.43. The lowest BCUT2D eigenvalue weighted by Crippen LogP contribution is -2.51. The number of nitrogens with zero attached hydrogens (tertiary/aromatic N) is 3. The van der Waals surface area contributed by atoms with E-state index in [4.69, 9.17) is 9.47 Å². The number of para-hydroxylation sites is 1. The first kappa shape index (κ1) is 25.9. The van der Waals surface area contributed by atoms with Crippen molar-refractivity contribution in [2.45, 2.75) is 38.5 Å². The van der Waals surface area contributed by atoms with Gasteiger partial charge in [0.25, 0.3) is 5.91 Å². The van der Waals surface area contributed by atoms with Gasteiger partial charge in [-0.05, 0) is 80.1 Å². The predicted octanol–water partition coefficient (Wildman–Crippen LogP) is 4.73. The van der Waals surface area contributed by atoms with Crippen LogP contribution in [0, 0.1) is 5.41 Å². The number of likely N-dealkylation sites (N-methyl/N-ethyl adjacent to an activating group) is 1. The highest BCUT2D eigenvalue weighted by Crippen LogP contribution is 2.39. The topological polar surface area (TPSA) is 64.0 Å². The largest absolute Gasteiger partial charge is 0.491 e. The Morgan fingerprint density at radius 3 is 2.42 bits per heavy atom. The molecule has 5 rings (SSSR count). The van der Waals surface area contributed by atoms with Crippen LogP contribution in [0.3, 0.4) is 0 Å². The number of amides is 2. The van der Waals surface area contributed by atoms with Crippen molar-refractivity contribution in [3.63, 3.8) is 0 Å². The summed E-state index contributed by atoms with van der Waals surface area (Å²) in [6.45, 7) is 2.18. The second-order valence-corrected chi connectivity index (χ2v) is 10.4. The average Bonchev–Trinajstić information content (AvgIpc) is 3.49. The monoisotopic (exact) mass is 515 g/mol. The van der Waals surface area contributed by atoms with Crippen molar-refractivity contribution in [1.82, 2.24) is 14.4 Å². The zero-order chi connectivity index (χ0) is 26.4. The van der Waals surface area contributed by atoms with Gasteiger partial charge in [0.2, 0.25) is 5.91 Å². The summed E-state index contributed by atoms with van der Waals surface area (Å²) < 4.78 is 13.9. The fourth-order valence-electron chi connectivity index (χ4n) is 5.64. The maximum atomic E-state index is 13.6. The van der Waals surface area contributed by atoms with Crippen molar-refractivity contribution < 1.29 is 19.1 Å². The maximum Gasteiger partial charge on any atom is 0.260 e. The van der Waals surface area contributed by atoms with Crippen LogP contribution in [-0.4, -0.2) is 66.1 Å². The maximum absolute atomic E-state index is 13.6. The summed E-state index contributed by atoms with van der Waals surface area (Å²) in [5.74, 6) is 1.74. The van der Waals surface area contributed by atoms with E-state index in [2.05, 4.69) is 12.1 Å². The number of carbonyl (C=O) groups excluding carboxylic acids is 2. The van der Waals surface area contributed by atoms with Gasteiger partial charge < -0.3 is 23.8 Å². The van der Waals surface area contributed by atoms with Gasteiger partial charge in [-0.1, -0.05) is 24.6 Å². The van der Waals surface area contributed by atoms with Crippen LogP contribution in [-0.2, 0) is 16.0 Å². The lowest BCUT2D eigenvalue weighted by molar-refractivity contribution is -0.148. The summed E-state index contributed by atoms with van der Waals surface area (Å²) in [7, 11) is 1.87. The molecule has 0 aliphatic carbocycles. The van der Waals surface area contributed by atoms with Gasteiger partial charge in [-0.2, -0.15) is 0 Å². The molecule has 7 heteroatoms. The average molecular weight is 516 g/mol. The highest BCUT2D eigenvalue weighted by molar-refractivity contribution is 5.83. The summed E-state index contributed by atoms with van der Waals surface area (Å²) in [6.07, 6.45) is 9.13. The van der Waals surface area contributed by atoms with Gasteiger partial charge in [-0.25, -0.2) is 0 Å². The van der Waals surface area contributed by atoms with E-state index < -0.39 is 5.41 Å². The Morgan fingerprint density at radius 2 is 1.66 bits per heavy atom. The van der Waals surface area contributed by atoms with Crippen LogP contribution < -0.4 is 9.47 Å². The number of fused-ring (bicyclic) bond motifs is 1. The molecule has 0 bridgehead atoms. The second-order valence-electron chi connectivity index (χ2n) is 10.4. The number of piperidine rings is 1. The van der Waals surface area contributed by atoms with Crippen LogP contribution in [0.1, 0.15) is 37.7 Å². The number of likely N-dealkylation sites (tertiary alicyclic amines) is 1. The molecule has 0 unspecified atom stereocenters. The van der Waals surface area contributed by atoms with E-state index in [1.54, 1.807) is 0 Å². The number of benzene rings is 2. The third kappa shape index (κ3) is 5.87. The highest BCUT2D eigenvalue weighted by atomic mass is 16.5. The molecule has 1 aromatic heterocycles. The lowest BCUT2D eigenvalue weighted by atomic mass is 9.73. The van der Waals surface area contributed by atoms with E-state index in [9.17, 15) is 9.59 Å². The fourth-order valence-corrected chi connectivity index (χ4v) is 5.64. The fraction of sp³-hybridized carbons (Fsp3) is 0.419. The molecule has 3 heterocycles. The number of aryl methyl sites for hydroxylation is 1. The lowest BCUT2D eigenvalue weighted by Gasteiger charge is -2.42. The van der Waals surface area contributed by atoms with Crippen molar-refractivity contribution in [2.75, 3.05) is 39.9 Å². The first-order valence-corrected chi connectivity index (χ1v) is 13.6. The molecule has 1 saturated heterocycles.